The second-order valence-corrected chi connectivity index (χ2v) is 3.25. The lowest BCUT2D eigenvalue weighted by atomic mass is 10.2. The van der Waals surface area contributed by atoms with Crippen LogP contribution < -0.4 is 5.32 Å². The SMILES string of the molecule is CC(CCl)CNC(=O)c1ccn[nH]1. The summed E-state index contributed by atoms with van der Waals surface area (Å²) in [5.74, 6) is 0.687. The smallest absolute Gasteiger partial charge is 0.269 e. The van der Waals surface area contributed by atoms with Crippen LogP contribution in [0.25, 0.3) is 0 Å². The number of aromatic amines is 1. The molecule has 2 N–H and O–H groups in total. The number of amides is 1. The Hall–Kier alpha value is -1.03. The van der Waals surface area contributed by atoms with Gasteiger partial charge in [0, 0.05) is 18.6 Å². The van der Waals surface area contributed by atoms with Gasteiger partial charge in [-0.3, -0.25) is 9.89 Å². The molecule has 0 aromatic carbocycles. The van der Waals surface area contributed by atoms with Gasteiger partial charge < -0.3 is 5.32 Å². The van der Waals surface area contributed by atoms with E-state index in [1.807, 2.05) is 6.92 Å². The average Bonchev–Trinajstić information content (AvgIpc) is 2.66. The van der Waals surface area contributed by atoms with Gasteiger partial charge >= 0.3 is 0 Å². The zero-order chi connectivity index (χ0) is 9.68. The molecular formula is C8H12ClN3O. The number of H-pyrrole nitrogens is 1. The van der Waals surface area contributed by atoms with E-state index in [9.17, 15) is 4.79 Å². The summed E-state index contributed by atoms with van der Waals surface area (Å²) in [6, 6.07) is 1.63. The van der Waals surface area contributed by atoms with Crippen LogP contribution in [0, 0.1) is 5.92 Å². The zero-order valence-corrected chi connectivity index (χ0v) is 8.14. The Morgan fingerprint density at radius 3 is 3.15 bits per heavy atom. The largest absolute Gasteiger partial charge is 0.350 e. The molecule has 72 valence electrons. The Morgan fingerprint density at radius 2 is 2.62 bits per heavy atom. The van der Waals surface area contributed by atoms with E-state index in [0.29, 0.717) is 18.1 Å². The van der Waals surface area contributed by atoms with Crippen molar-refractivity contribution in [2.45, 2.75) is 6.92 Å². The number of nitrogens with one attached hydrogen (secondary N) is 2. The standard InChI is InChI=1S/C8H12ClN3O/c1-6(4-9)5-10-8(13)7-2-3-11-12-7/h2-3,6H,4-5H2,1H3,(H,10,13)(H,11,12). The quantitative estimate of drug-likeness (QED) is 0.715. The van der Waals surface area contributed by atoms with Crippen LogP contribution in [0.2, 0.25) is 0 Å². The van der Waals surface area contributed by atoms with Crippen molar-refractivity contribution in [1.82, 2.24) is 15.5 Å². The first-order valence-electron chi connectivity index (χ1n) is 4.07. The summed E-state index contributed by atoms with van der Waals surface area (Å²) in [6.45, 7) is 2.56. The molecule has 5 heteroatoms. The first-order chi connectivity index (χ1) is 6.24. The molecule has 1 aromatic heterocycles. The van der Waals surface area contributed by atoms with Crippen LogP contribution in [0.5, 0.6) is 0 Å². The maximum atomic E-state index is 11.3. The van der Waals surface area contributed by atoms with Gasteiger partial charge in [0.15, 0.2) is 0 Å². The molecule has 1 amide bonds. The van der Waals surface area contributed by atoms with Gasteiger partial charge in [-0.15, -0.1) is 11.6 Å². The van der Waals surface area contributed by atoms with Crippen LogP contribution in [0.3, 0.4) is 0 Å². The van der Waals surface area contributed by atoms with E-state index in [1.54, 1.807) is 12.3 Å². The summed E-state index contributed by atoms with van der Waals surface area (Å²) in [6.07, 6.45) is 1.54. The van der Waals surface area contributed by atoms with Crippen LogP contribution in [0.4, 0.5) is 0 Å². The minimum absolute atomic E-state index is 0.144. The number of nitrogens with zero attached hydrogens (tertiary/aromatic N) is 1. The van der Waals surface area contributed by atoms with Crippen LogP contribution >= 0.6 is 11.6 Å². The number of carbonyl (C=O) groups excluding carboxylic acids is 1. The number of carbonyl (C=O) groups is 1. The van der Waals surface area contributed by atoms with Gasteiger partial charge in [-0.25, -0.2) is 0 Å². The van der Waals surface area contributed by atoms with Gasteiger partial charge in [-0.1, -0.05) is 6.92 Å². The fourth-order valence-electron chi connectivity index (χ4n) is 0.799. The van der Waals surface area contributed by atoms with Crippen molar-refractivity contribution in [2.24, 2.45) is 5.92 Å². The number of aromatic nitrogens is 2. The van der Waals surface area contributed by atoms with Crippen LogP contribution in [-0.4, -0.2) is 28.5 Å². The number of halogens is 1. The number of hydrogen-bond donors (Lipinski definition) is 2. The molecule has 4 nitrogen and oxygen atoms in total. The van der Waals surface area contributed by atoms with Crippen molar-refractivity contribution < 1.29 is 4.79 Å². The molecule has 1 unspecified atom stereocenters. The molecule has 13 heavy (non-hydrogen) atoms. The first-order valence-corrected chi connectivity index (χ1v) is 4.61. The second kappa shape index (κ2) is 4.87. The normalized spacial score (nSPS) is 12.5. The summed E-state index contributed by atoms with van der Waals surface area (Å²) < 4.78 is 0. The second-order valence-electron chi connectivity index (χ2n) is 2.94. The van der Waals surface area contributed by atoms with E-state index in [0.717, 1.165) is 0 Å². The number of hydrogen-bond acceptors (Lipinski definition) is 2. The third kappa shape index (κ3) is 3.06. The topological polar surface area (TPSA) is 57.8 Å². The minimum Gasteiger partial charge on any atom is -0.350 e. The first kappa shape index (κ1) is 10.1. The van der Waals surface area contributed by atoms with E-state index in [1.165, 1.54) is 0 Å². The van der Waals surface area contributed by atoms with Gasteiger partial charge in [-0.05, 0) is 12.0 Å². The maximum Gasteiger partial charge on any atom is 0.269 e. The van der Waals surface area contributed by atoms with Gasteiger partial charge in [0.05, 0.1) is 0 Å². The molecule has 0 bridgehead atoms. The van der Waals surface area contributed by atoms with E-state index in [2.05, 4.69) is 15.5 Å². The lowest BCUT2D eigenvalue weighted by molar-refractivity contribution is 0.0944. The molecule has 1 heterocycles. The third-order valence-electron chi connectivity index (χ3n) is 1.62. The van der Waals surface area contributed by atoms with E-state index >= 15 is 0 Å². The monoisotopic (exact) mass is 201 g/mol. The van der Waals surface area contributed by atoms with Crippen molar-refractivity contribution in [1.29, 1.82) is 0 Å². The maximum absolute atomic E-state index is 11.3. The highest BCUT2D eigenvalue weighted by Crippen LogP contribution is 1.96. The fourth-order valence-corrected chi connectivity index (χ4v) is 0.908. The average molecular weight is 202 g/mol. The molecule has 1 atom stereocenters. The van der Waals surface area contributed by atoms with Crippen molar-refractivity contribution >= 4 is 17.5 Å². The van der Waals surface area contributed by atoms with Gasteiger partial charge in [-0.2, -0.15) is 5.10 Å². The van der Waals surface area contributed by atoms with Crippen molar-refractivity contribution in [3.63, 3.8) is 0 Å². The van der Waals surface area contributed by atoms with E-state index in [-0.39, 0.29) is 11.8 Å². The van der Waals surface area contributed by atoms with Gasteiger partial charge in [0.25, 0.3) is 5.91 Å². The Balaban J connectivity index is 2.35. The Morgan fingerprint density at radius 1 is 1.85 bits per heavy atom. The zero-order valence-electron chi connectivity index (χ0n) is 7.38. The van der Waals surface area contributed by atoms with E-state index < -0.39 is 0 Å². The molecule has 0 aliphatic rings. The minimum atomic E-state index is -0.144. The van der Waals surface area contributed by atoms with Gasteiger partial charge in [0.1, 0.15) is 5.69 Å². The number of alkyl halides is 1. The highest BCUT2D eigenvalue weighted by atomic mass is 35.5. The molecule has 0 spiro atoms. The predicted molar refractivity (Wildman–Crippen MR) is 50.8 cm³/mol. The predicted octanol–water partition coefficient (Wildman–Crippen LogP) is 1.01. The van der Waals surface area contributed by atoms with Crippen molar-refractivity contribution in [3.05, 3.63) is 18.0 Å². The Labute approximate surface area is 81.7 Å². The summed E-state index contributed by atoms with van der Waals surface area (Å²) in [5, 5.41) is 9.00. The summed E-state index contributed by atoms with van der Waals surface area (Å²) in [5.41, 5.74) is 0.474. The Bertz CT molecular complexity index is 260. The van der Waals surface area contributed by atoms with Crippen LogP contribution in [0.1, 0.15) is 17.4 Å². The van der Waals surface area contributed by atoms with E-state index in [4.69, 9.17) is 11.6 Å². The number of rotatable bonds is 4. The molecule has 0 aliphatic carbocycles. The van der Waals surface area contributed by atoms with Crippen molar-refractivity contribution in [2.75, 3.05) is 12.4 Å². The lowest BCUT2D eigenvalue weighted by Crippen LogP contribution is -2.29. The van der Waals surface area contributed by atoms with Crippen LogP contribution in [-0.2, 0) is 0 Å². The molecule has 1 rings (SSSR count). The lowest BCUT2D eigenvalue weighted by Gasteiger charge is -2.07. The molecule has 0 radical (unpaired) electrons. The fraction of sp³-hybridized carbons (Fsp3) is 0.500. The van der Waals surface area contributed by atoms with Gasteiger partial charge in [0.2, 0.25) is 0 Å². The molecular weight excluding hydrogens is 190 g/mol. The molecule has 0 fully saturated rings. The molecule has 0 aliphatic heterocycles. The summed E-state index contributed by atoms with van der Waals surface area (Å²) in [4.78, 5) is 11.3. The Kier molecular flexibility index (Phi) is 3.76. The highest BCUT2D eigenvalue weighted by Gasteiger charge is 2.07. The molecule has 0 saturated heterocycles. The molecule has 0 saturated carbocycles. The summed E-state index contributed by atoms with van der Waals surface area (Å²) >= 11 is 5.59. The van der Waals surface area contributed by atoms with Crippen LogP contribution in [0.15, 0.2) is 12.3 Å². The highest BCUT2D eigenvalue weighted by molar-refractivity contribution is 6.18. The molecule has 1 aromatic rings. The third-order valence-corrected chi connectivity index (χ3v) is 2.15. The van der Waals surface area contributed by atoms with Crippen molar-refractivity contribution in [3.8, 4) is 0 Å². The summed E-state index contributed by atoms with van der Waals surface area (Å²) in [7, 11) is 0.